The second-order valence-corrected chi connectivity index (χ2v) is 4.34. The van der Waals surface area contributed by atoms with Crippen LogP contribution in [-0.4, -0.2) is 9.97 Å². The highest BCUT2D eigenvalue weighted by molar-refractivity contribution is 5.33. The molecule has 0 unspecified atom stereocenters. The Morgan fingerprint density at radius 2 is 1.94 bits per heavy atom. The third-order valence-corrected chi connectivity index (χ3v) is 3.13. The van der Waals surface area contributed by atoms with Crippen LogP contribution in [0, 0.1) is 20.8 Å². The highest BCUT2D eigenvalue weighted by Gasteiger charge is 2.03. The summed E-state index contributed by atoms with van der Waals surface area (Å²) in [6.45, 7) is 6.35. The summed E-state index contributed by atoms with van der Waals surface area (Å²) in [6, 6.07) is 6.51. The molecule has 2 aromatic rings. The van der Waals surface area contributed by atoms with E-state index in [1.165, 1.54) is 16.7 Å². The minimum Gasteiger partial charge on any atom is -0.349 e. The fourth-order valence-corrected chi connectivity index (χ4v) is 1.94. The molecule has 0 aliphatic carbocycles. The van der Waals surface area contributed by atoms with Gasteiger partial charge in [0.2, 0.25) is 0 Å². The van der Waals surface area contributed by atoms with Crippen LogP contribution in [-0.2, 0) is 12.8 Å². The lowest BCUT2D eigenvalue weighted by molar-refractivity contribution is 0.909. The van der Waals surface area contributed by atoms with E-state index < -0.39 is 0 Å². The molecule has 0 fully saturated rings. The molecule has 1 aromatic carbocycles. The fraction of sp³-hybridized carbons (Fsp3) is 0.357. The van der Waals surface area contributed by atoms with Gasteiger partial charge in [-0.3, -0.25) is 0 Å². The van der Waals surface area contributed by atoms with Crippen LogP contribution >= 0.6 is 0 Å². The molecule has 0 aliphatic heterocycles. The number of benzene rings is 1. The van der Waals surface area contributed by atoms with Crippen LogP contribution in [0.1, 0.15) is 28.2 Å². The van der Waals surface area contributed by atoms with Gasteiger partial charge in [0.1, 0.15) is 5.82 Å². The Bertz CT molecular complexity index is 483. The highest BCUT2D eigenvalue weighted by Crippen LogP contribution is 2.14. The van der Waals surface area contributed by atoms with Gasteiger partial charge in [-0.15, -0.1) is 0 Å². The summed E-state index contributed by atoms with van der Waals surface area (Å²) in [7, 11) is 0. The van der Waals surface area contributed by atoms with Crippen molar-refractivity contribution in [3.05, 3.63) is 52.6 Å². The molecule has 1 aromatic heterocycles. The van der Waals surface area contributed by atoms with Crippen LogP contribution in [0.25, 0.3) is 0 Å². The van der Waals surface area contributed by atoms with Crippen LogP contribution in [0.4, 0.5) is 0 Å². The molecule has 2 nitrogen and oxygen atoms in total. The average molecular weight is 214 g/mol. The summed E-state index contributed by atoms with van der Waals surface area (Å²) in [6.07, 6.45) is 4.08. The van der Waals surface area contributed by atoms with Crippen molar-refractivity contribution >= 4 is 0 Å². The maximum absolute atomic E-state index is 4.42. The molecule has 0 saturated heterocycles. The number of aryl methyl sites for hydroxylation is 4. The van der Waals surface area contributed by atoms with E-state index in [-0.39, 0.29) is 0 Å². The molecule has 0 bridgehead atoms. The first-order valence-corrected chi connectivity index (χ1v) is 5.73. The monoisotopic (exact) mass is 214 g/mol. The molecule has 16 heavy (non-hydrogen) atoms. The third kappa shape index (κ3) is 2.32. The van der Waals surface area contributed by atoms with Crippen molar-refractivity contribution in [1.82, 2.24) is 9.97 Å². The number of H-pyrrole nitrogens is 1. The zero-order valence-corrected chi connectivity index (χ0v) is 10.2. The summed E-state index contributed by atoms with van der Waals surface area (Å²) in [5.41, 5.74) is 5.37. The van der Waals surface area contributed by atoms with Gasteiger partial charge >= 0.3 is 0 Å². The van der Waals surface area contributed by atoms with Crippen molar-refractivity contribution in [3.63, 3.8) is 0 Å². The number of nitrogens with one attached hydrogen (secondary N) is 1. The summed E-state index contributed by atoms with van der Waals surface area (Å²) in [5.74, 6) is 0.996. The van der Waals surface area contributed by atoms with Gasteiger partial charge < -0.3 is 4.98 Å². The van der Waals surface area contributed by atoms with Crippen molar-refractivity contribution in [3.8, 4) is 0 Å². The molecule has 0 amide bonds. The number of hydrogen-bond acceptors (Lipinski definition) is 1. The molecule has 1 heterocycles. The van der Waals surface area contributed by atoms with Gasteiger partial charge in [-0.05, 0) is 50.3 Å². The molecule has 1 N–H and O–H groups in total. The number of aromatic amines is 1. The van der Waals surface area contributed by atoms with Crippen LogP contribution in [0.3, 0.4) is 0 Å². The van der Waals surface area contributed by atoms with E-state index in [0.717, 1.165) is 24.4 Å². The normalized spacial score (nSPS) is 10.7. The zero-order chi connectivity index (χ0) is 11.5. The fourth-order valence-electron chi connectivity index (χ4n) is 1.94. The molecular formula is C14H18N2. The third-order valence-electron chi connectivity index (χ3n) is 3.13. The maximum Gasteiger partial charge on any atom is 0.103 e. The molecule has 2 heteroatoms. The summed E-state index contributed by atoms with van der Waals surface area (Å²) in [4.78, 5) is 7.54. The second-order valence-electron chi connectivity index (χ2n) is 4.34. The molecule has 0 saturated carbocycles. The largest absolute Gasteiger partial charge is 0.349 e. The predicted molar refractivity (Wildman–Crippen MR) is 66.6 cm³/mol. The SMILES string of the molecule is Cc1nc(CCc2cccc(C)c2C)c[nH]1. The van der Waals surface area contributed by atoms with Gasteiger partial charge in [0, 0.05) is 6.20 Å². The number of nitrogens with zero attached hydrogens (tertiary/aromatic N) is 1. The molecular weight excluding hydrogens is 196 g/mol. The standard InChI is InChI=1S/C14H18N2/c1-10-5-4-6-13(11(10)2)7-8-14-9-15-12(3)16-14/h4-6,9H,7-8H2,1-3H3,(H,15,16). The number of hydrogen-bond donors (Lipinski definition) is 1. The summed E-state index contributed by atoms with van der Waals surface area (Å²) < 4.78 is 0. The highest BCUT2D eigenvalue weighted by atomic mass is 14.9. The van der Waals surface area contributed by atoms with E-state index in [1.54, 1.807) is 0 Å². The van der Waals surface area contributed by atoms with Crippen molar-refractivity contribution in [1.29, 1.82) is 0 Å². The molecule has 0 spiro atoms. The molecule has 2 rings (SSSR count). The first kappa shape index (κ1) is 10.9. The Morgan fingerprint density at radius 1 is 1.12 bits per heavy atom. The first-order valence-electron chi connectivity index (χ1n) is 5.73. The van der Waals surface area contributed by atoms with E-state index >= 15 is 0 Å². The smallest absolute Gasteiger partial charge is 0.103 e. The van der Waals surface area contributed by atoms with Gasteiger partial charge in [0.15, 0.2) is 0 Å². The number of imidazole rings is 1. The minimum absolute atomic E-state index is 0.996. The summed E-state index contributed by atoms with van der Waals surface area (Å²) in [5, 5.41) is 0. The lowest BCUT2D eigenvalue weighted by atomic mass is 9.99. The Kier molecular flexibility index (Phi) is 3.09. The average Bonchev–Trinajstić information content (AvgIpc) is 2.67. The predicted octanol–water partition coefficient (Wildman–Crippen LogP) is 3.12. The molecule has 0 atom stereocenters. The molecule has 0 radical (unpaired) electrons. The quantitative estimate of drug-likeness (QED) is 0.835. The van der Waals surface area contributed by atoms with E-state index in [1.807, 2.05) is 13.1 Å². The Hall–Kier alpha value is -1.57. The molecule has 84 valence electrons. The lowest BCUT2D eigenvalue weighted by Gasteiger charge is -2.07. The van der Waals surface area contributed by atoms with Crippen LogP contribution in [0.2, 0.25) is 0 Å². The van der Waals surface area contributed by atoms with Gasteiger partial charge in [-0.2, -0.15) is 0 Å². The number of rotatable bonds is 3. The lowest BCUT2D eigenvalue weighted by Crippen LogP contribution is -1.96. The van der Waals surface area contributed by atoms with E-state index in [4.69, 9.17) is 0 Å². The van der Waals surface area contributed by atoms with Crippen molar-refractivity contribution in [2.24, 2.45) is 0 Å². The topological polar surface area (TPSA) is 28.7 Å². The van der Waals surface area contributed by atoms with E-state index in [2.05, 4.69) is 42.0 Å². The van der Waals surface area contributed by atoms with Gasteiger partial charge in [-0.1, -0.05) is 18.2 Å². The second kappa shape index (κ2) is 4.52. The van der Waals surface area contributed by atoms with Crippen LogP contribution in [0.15, 0.2) is 24.4 Å². The van der Waals surface area contributed by atoms with E-state index in [9.17, 15) is 0 Å². The number of aromatic nitrogens is 2. The van der Waals surface area contributed by atoms with Crippen molar-refractivity contribution in [2.75, 3.05) is 0 Å². The van der Waals surface area contributed by atoms with Gasteiger partial charge in [-0.25, -0.2) is 4.98 Å². The van der Waals surface area contributed by atoms with Crippen LogP contribution < -0.4 is 0 Å². The Morgan fingerprint density at radius 3 is 2.62 bits per heavy atom. The van der Waals surface area contributed by atoms with Gasteiger partial charge in [0.05, 0.1) is 5.69 Å². The van der Waals surface area contributed by atoms with Gasteiger partial charge in [0.25, 0.3) is 0 Å². The molecule has 0 aliphatic rings. The van der Waals surface area contributed by atoms with Crippen molar-refractivity contribution in [2.45, 2.75) is 33.6 Å². The van der Waals surface area contributed by atoms with Crippen LogP contribution in [0.5, 0.6) is 0 Å². The first-order chi connectivity index (χ1) is 7.66. The Balaban J connectivity index is 2.07. The minimum atomic E-state index is 0.996. The van der Waals surface area contributed by atoms with E-state index in [0.29, 0.717) is 0 Å². The maximum atomic E-state index is 4.42. The van der Waals surface area contributed by atoms with Crippen molar-refractivity contribution < 1.29 is 0 Å². The zero-order valence-electron chi connectivity index (χ0n) is 10.2. The Labute approximate surface area is 96.7 Å². The summed E-state index contributed by atoms with van der Waals surface area (Å²) >= 11 is 0.